The van der Waals surface area contributed by atoms with Gasteiger partial charge in [0.2, 0.25) is 0 Å². The first kappa shape index (κ1) is 9.78. The summed E-state index contributed by atoms with van der Waals surface area (Å²) in [6.07, 6.45) is 8.32. The molecule has 1 N–H and O–H groups in total. The summed E-state index contributed by atoms with van der Waals surface area (Å²) in [7, 11) is 0. The zero-order valence-electron chi connectivity index (χ0n) is 8.48. The Hall–Kier alpha value is -0.760. The van der Waals surface area contributed by atoms with E-state index in [2.05, 4.69) is 0 Å². The molecule has 78 valence electrons. The Morgan fingerprint density at radius 2 is 2.21 bits per heavy atom. The van der Waals surface area contributed by atoms with E-state index in [1.165, 1.54) is 19.3 Å². The van der Waals surface area contributed by atoms with E-state index in [9.17, 15) is 5.11 Å². The van der Waals surface area contributed by atoms with E-state index in [0.29, 0.717) is 5.92 Å². The number of aliphatic hydroxyl groups is 1. The lowest BCUT2D eigenvalue weighted by atomic mass is 9.83. The first-order chi connectivity index (χ1) is 6.86. The maximum Gasteiger partial charge on any atom is 0.103 e. The summed E-state index contributed by atoms with van der Waals surface area (Å²) in [6.45, 7) is 0. The third kappa shape index (κ3) is 2.38. The highest BCUT2D eigenvalue weighted by atomic mass is 16.3. The average molecular weight is 194 g/mol. The molecule has 0 aliphatic heterocycles. The lowest BCUT2D eigenvalue weighted by Crippen LogP contribution is -2.24. The molecule has 2 atom stereocenters. The Morgan fingerprint density at radius 1 is 1.36 bits per heavy atom. The fourth-order valence-corrected chi connectivity index (χ4v) is 2.31. The van der Waals surface area contributed by atoms with Gasteiger partial charge in [-0.2, -0.15) is 0 Å². The van der Waals surface area contributed by atoms with Gasteiger partial charge in [-0.25, -0.2) is 0 Å². The third-order valence-electron chi connectivity index (χ3n) is 3.21. The Morgan fingerprint density at radius 3 is 2.93 bits per heavy atom. The van der Waals surface area contributed by atoms with Crippen molar-refractivity contribution in [1.82, 2.24) is 0 Å². The van der Waals surface area contributed by atoms with Crippen molar-refractivity contribution in [3.05, 3.63) is 24.2 Å². The molecule has 1 aromatic heterocycles. The number of aryl methyl sites for hydroxylation is 1. The van der Waals surface area contributed by atoms with Gasteiger partial charge in [0.1, 0.15) is 5.76 Å². The van der Waals surface area contributed by atoms with Crippen LogP contribution in [0.4, 0.5) is 0 Å². The molecule has 1 heterocycles. The highest BCUT2D eigenvalue weighted by molar-refractivity contribution is 4.98. The van der Waals surface area contributed by atoms with Gasteiger partial charge in [0.05, 0.1) is 12.4 Å². The lowest BCUT2D eigenvalue weighted by Gasteiger charge is -2.27. The number of hydrogen-bond donors (Lipinski definition) is 1. The number of hydrogen-bond acceptors (Lipinski definition) is 2. The molecule has 2 heteroatoms. The molecule has 0 radical (unpaired) electrons. The summed E-state index contributed by atoms with van der Waals surface area (Å²) in [6, 6.07) is 3.93. The highest BCUT2D eigenvalue weighted by Crippen LogP contribution is 2.28. The van der Waals surface area contributed by atoms with Crippen LogP contribution in [0.3, 0.4) is 0 Å². The molecule has 14 heavy (non-hydrogen) atoms. The summed E-state index contributed by atoms with van der Waals surface area (Å²) in [5, 5.41) is 9.77. The van der Waals surface area contributed by atoms with Gasteiger partial charge in [0, 0.05) is 6.42 Å². The van der Waals surface area contributed by atoms with E-state index < -0.39 is 0 Å². The predicted molar refractivity (Wildman–Crippen MR) is 55.0 cm³/mol. The van der Waals surface area contributed by atoms with Crippen LogP contribution in [0.15, 0.2) is 22.8 Å². The van der Waals surface area contributed by atoms with Crippen LogP contribution >= 0.6 is 0 Å². The summed E-state index contributed by atoms with van der Waals surface area (Å²) < 4.78 is 5.28. The number of aliphatic hydroxyl groups excluding tert-OH is 1. The van der Waals surface area contributed by atoms with Crippen molar-refractivity contribution in [3.8, 4) is 0 Å². The minimum absolute atomic E-state index is 0.0706. The average Bonchev–Trinajstić information content (AvgIpc) is 2.69. The second kappa shape index (κ2) is 4.65. The molecule has 1 fully saturated rings. The minimum Gasteiger partial charge on any atom is -0.469 e. The Labute approximate surface area is 84.9 Å². The van der Waals surface area contributed by atoms with E-state index in [0.717, 1.165) is 25.0 Å². The molecule has 2 unspecified atom stereocenters. The van der Waals surface area contributed by atoms with Crippen LogP contribution in [-0.2, 0) is 6.42 Å². The molecule has 0 saturated heterocycles. The van der Waals surface area contributed by atoms with Crippen LogP contribution in [0, 0.1) is 5.92 Å². The van der Waals surface area contributed by atoms with Crippen molar-refractivity contribution in [2.24, 2.45) is 5.92 Å². The predicted octanol–water partition coefficient (Wildman–Crippen LogP) is 2.76. The first-order valence-corrected chi connectivity index (χ1v) is 5.56. The summed E-state index contributed by atoms with van der Waals surface area (Å²) in [5.74, 6) is 1.54. The van der Waals surface area contributed by atoms with Crippen LogP contribution in [0.25, 0.3) is 0 Å². The quantitative estimate of drug-likeness (QED) is 0.802. The first-order valence-electron chi connectivity index (χ1n) is 5.56. The van der Waals surface area contributed by atoms with Crippen LogP contribution in [0.1, 0.15) is 37.9 Å². The smallest absolute Gasteiger partial charge is 0.103 e. The Balaban J connectivity index is 1.79. The monoisotopic (exact) mass is 194 g/mol. The molecule has 2 nitrogen and oxygen atoms in total. The van der Waals surface area contributed by atoms with E-state index >= 15 is 0 Å². The molecular formula is C12H18O2. The summed E-state index contributed by atoms with van der Waals surface area (Å²) >= 11 is 0. The molecule has 2 rings (SSSR count). The normalized spacial score (nSPS) is 27.8. The fourth-order valence-electron chi connectivity index (χ4n) is 2.31. The number of furan rings is 1. The highest BCUT2D eigenvalue weighted by Gasteiger charge is 2.22. The van der Waals surface area contributed by atoms with Crippen molar-refractivity contribution in [3.63, 3.8) is 0 Å². The largest absolute Gasteiger partial charge is 0.469 e. The van der Waals surface area contributed by atoms with Crippen LogP contribution in [0.2, 0.25) is 0 Å². The minimum atomic E-state index is -0.0706. The van der Waals surface area contributed by atoms with Gasteiger partial charge < -0.3 is 9.52 Å². The topological polar surface area (TPSA) is 33.4 Å². The maximum absolute atomic E-state index is 9.77. The summed E-state index contributed by atoms with van der Waals surface area (Å²) in [4.78, 5) is 0. The van der Waals surface area contributed by atoms with E-state index in [4.69, 9.17) is 4.42 Å². The van der Waals surface area contributed by atoms with Gasteiger partial charge >= 0.3 is 0 Å². The molecule has 0 spiro atoms. The molecule has 0 bridgehead atoms. The van der Waals surface area contributed by atoms with Gasteiger partial charge in [0.15, 0.2) is 0 Å². The van der Waals surface area contributed by atoms with Gasteiger partial charge in [-0.1, -0.05) is 12.8 Å². The number of rotatable bonds is 3. The lowest BCUT2D eigenvalue weighted by molar-refractivity contribution is 0.0648. The third-order valence-corrected chi connectivity index (χ3v) is 3.21. The second-order valence-corrected chi connectivity index (χ2v) is 4.23. The SMILES string of the molecule is OC1CCCCC1CCc1ccco1. The van der Waals surface area contributed by atoms with E-state index in [1.54, 1.807) is 6.26 Å². The molecule has 0 aromatic carbocycles. The van der Waals surface area contributed by atoms with Crippen molar-refractivity contribution in [2.45, 2.75) is 44.6 Å². The Kier molecular flexibility index (Phi) is 3.25. The van der Waals surface area contributed by atoms with Crippen molar-refractivity contribution in [2.75, 3.05) is 0 Å². The molecular weight excluding hydrogens is 176 g/mol. The standard InChI is InChI=1S/C12H18O2/c13-12-6-2-1-4-10(12)7-8-11-5-3-9-14-11/h3,5,9-10,12-13H,1-2,4,6-8H2. The van der Waals surface area contributed by atoms with Gasteiger partial charge in [0.25, 0.3) is 0 Å². The molecule has 1 aliphatic carbocycles. The second-order valence-electron chi connectivity index (χ2n) is 4.23. The van der Waals surface area contributed by atoms with Crippen molar-refractivity contribution >= 4 is 0 Å². The van der Waals surface area contributed by atoms with Gasteiger partial charge in [-0.05, 0) is 37.3 Å². The summed E-state index contributed by atoms with van der Waals surface area (Å²) in [5.41, 5.74) is 0. The zero-order valence-corrected chi connectivity index (χ0v) is 8.48. The Bertz CT molecular complexity index is 253. The van der Waals surface area contributed by atoms with Crippen LogP contribution < -0.4 is 0 Å². The molecule has 1 saturated carbocycles. The molecule has 1 aliphatic rings. The van der Waals surface area contributed by atoms with Crippen molar-refractivity contribution < 1.29 is 9.52 Å². The maximum atomic E-state index is 9.77. The van der Waals surface area contributed by atoms with Crippen LogP contribution in [-0.4, -0.2) is 11.2 Å². The van der Waals surface area contributed by atoms with Crippen LogP contribution in [0.5, 0.6) is 0 Å². The van der Waals surface area contributed by atoms with Gasteiger partial charge in [-0.3, -0.25) is 0 Å². The zero-order chi connectivity index (χ0) is 9.80. The fraction of sp³-hybridized carbons (Fsp3) is 0.667. The van der Waals surface area contributed by atoms with Crippen molar-refractivity contribution in [1.29, 1.82) is 0 Å². The van der Waals surface area contributed by atoms with E-state index in [-0.39, 0.29) is 6.10 Å². The molecule has 1 aromatic rings. The van der Waals surface area contributed by atoms with E-state index in [1.807, 2.05) is 12.1 Å². The molecule has 0 amide bonds. The van der Waals surface area contributed by atoms with Gasteiger partial charge in [-0.15, -0.1) is 0 Å².